The maximum absolute atomic E-state index is 6.02. The van der Waals surface area contributed by atoms with Crippen LogP contribution in [0.3, 0.4) is 0 Å². The van der Waals surface area contributed by atoms with Crippen LogP contribution < -0.4 is 10.6 Å². The van der Waals surface area contributed by atoms with Gasteiger partial charge in [-0.3, -0.25) is 4.99 Å². The van der Waals surface area contributed by atoms with Gasteiger partial charge in [0.25, 0.3) is 0 Å². The van der Waals surface area contributed by atoms with Crippen molar-refractivity contribution in [1.82, 2.24) is 10.6 Å². The molecule has 3 aliphatic rings. The first-order valence-electron chi connectivity index (χ1n) is 8.87. The molecule has 0 aliphatic heterocycles. The summed E-state index contributed by atoms with van der Waals surface area (Å²) in [4.78, 5) is 4.41. The van der Waals surface area contributed by atoms with Gasteiger partial charge in [0.15, 0.2) is 5.96 Å². The second-order valence-electron chi connectivity index (χ2n) is 7.07. The average molecular weight is 293 g/mol. The van der Waals surface area contributed by atoms with Crippen LogP contribution in [-0.2, 0) is 4.74 Å². The molecule has 120 valence electrons. The van der Waals surface area contributed by atoms with Crippen LogP contribution in [0, 0.1) is 11.3 Å². The lowest BCUT2D eigenvalue weighted by atomic mass is 9.55. The van der Waals surface area contributed by atoms with E-state index in [0.717, 1.165) is 31.4 Å². The van der Waals surface area contributed by atoms with Gasteiger partial charge in [-0.15, -0.1) is 0 Å². The van der Waals surface area contributed by atoms with Gasteiger partial charge in [0, 0.05) is 31.7 Å². The number of guanidine groups is 1. The standard InChI is InChI=1S/C17H31N3O/c1-3-21-15-11-14(17(15)9-5-4-6-10-17)20-16(18-2)19-12-13-7-8-13/h13-15H,3-12H2,1-2H3,(H2,18,19,20). The van der Waals surface area contributed by atoms with Gasteiger partial charge in [0.1, 0.15) is 0 Å². The SMILES string of the molecule is CCOC1CC(NC(=NC)NCC2CC2)C12CCCCC2. The van der Waals surface area contributed by atoms with Crippen LogP contribution in [-0.4, -0.2) is 38.3 Å². The van der Waals surface area contributed by atoms with Crippen LogP contribution in [0.15, 0.2) is 4.99 Å². The minimum atomic E-state index is 0.367. The van der Waals surface area contributed by atoms with Gasteiger partial charge < -0.3 is 15.4 Å². The Morgan fingerprint density at radius 2 is 2.00 bits per heavy atom. The minimum Gasteiger partial charge on any atom is -0.378 e. The maximum atomic E-state index is 6.02. The first-order valence-corrected chi connectivity index (χ1v) is 8.87. The molecular weight excluding hydrogens is 262 g/mol. The normalized spacial score (nSPS) is 31.8. The molecule has 3 rings (SSSR count). The van der Waals surface area contributed by atoms with E-state index in [0.29, 0.717) is 17.6 Å². The van der Waals surface area contributed by atoms with Crippen molar-refractivity contribution in [2.75, 3.05) is 20.2 Å². The molecule has 3 aliphatic carbocycles. The van der Waals surface area contributed by atoms with Gasteiger partial charge in [0.2, 0.25) is 0 Å². The molecule has 0 amide bonds. The number of ether oxygens (including phenoxy) is 1. The molecule has 2 unspecified atom stereocenters. The van der Waals surface area contributed by atoms with Gasteiger partial charge >= 0.3 is 0 Å². The number of nitrogens with one attached hydrogen (secondary N) is 2. The van der Waals surface area contributed by atoms with E-state index in [1.54, 1.807) is 0 Å². The number of nitrogens with zero attached hydrogens (tertiary/aromatic N) is 1. The Hall–Kier alpha value is -0.770. The lowest BCUT2D eigenvalue weighted by Crippen LogP contribution is -2.66. The zero-order chi connectivity index (χ0) is 14.7. The highest BCUT2D eigenvalue weighted by Gasteiger charge is 2.55. The van der Waals surface area contributed by atoms with Crippen molar-refractivity contribution in [1.29, 1.82) is 0 Å². The number of hydrogen-bond donors (Lipinski definition) is 2. The largest absolute Gasteiger partial charge is 0.378 e. The van der Waals surface area contributed by atoms with E-state index in [4.69, 9.17) is 4.74 Å². The summed E-state index contributed by atoms with van der Waals surface area (Å²) in [5.41, 5.74) is 0.367. The molecule has 21 heavy (non-hydrogen) atoms. The molecule has 0 radical (unpaired) electrons. The van der Waals surface area contributed by atoms with Crippen molar-refractivity contribution < 1.29 is 4.74 Å². The van der Waals surface area contributed by atoms with Crippen LogP contribution in [0.25, 0.3) is 0 Å². The summed E-state index contributed by atoms with van der Waals surface area (Å²) in [7, 11) is 1.88. The van der Waals surface area contributed by atoms with E-state index >= 15 is 0 Å². The van der Waals surface area contributed by atoms with Crippen LogP contribution >= 0.6 is 0 Å². The third-order valence-corrected chi connectivity index (χ3v) is 5.73. The molecule has 4 heteroatoms. The highest BCUT2D eigenvalue weighted by Crippen LogP contribution is 2.53. The molecule has 3 saturated carbocycles. The van der Waals surface area contributed by atoms with Crippen molar-refractivity contribution in [2.24, 2.45) is 16.3 Å². The fourth-order valence-electron chi connectivity index (χ4n) is 4.19. The topological polar surface area (TPSA) is 45.6 Å². The Morgan fingerprint density at radius 1 is 1.24 bits per heavy atom. The van der Waals surface area contributed by atoms with Gasteiger partial charge in [-0.2, -0.15) is 0 Å². The first kappa shape index (κ1) is 15.1. The molecule has 4 nitrogen and oxygen atoms in total. The highest BCUT2D eigenvalue weighted by molar-refractivity contribution is 5.80. The van der Waals surface area contributed by atoms with E-state index < -0.39 is 0 Å². The Bertz CT molecular complexity index is 372. The van der Waals surface area contributed by atoms with Crippen molar-refractivity contribution in [3.8, 4) is 0 Å². The van der Waals surface area contributed by atoms with Gasteiger partial charge in [-0.1, -0.05) is 19.3 Å². The molecule has 0 aromatic heterocycles. The number of aliphatic imine (C=N–C) groups is 1. The third-order valence-electron chi connectivity index (χ3n) is 5.73. The van der Waals surface area contributed by atoms with E-state index in [-0.39, 0.29) is 0 Å². The fraction of sp³-hybridized carbons (Fsp3) is 0.941. The van der Waals surface area contributed by atoms with Crippen LogP contribution in [0.1, 0.15) is 58.3 Å². The molecular formula is C17H31N3O. The van der Waals surface area contributed by atoms with Gasteiger partial charge in [0.05, 0.1) is 6.10 Å². The molecule has 2 atom stereocenters. The Morgan fingerprint density at radius 3 is 2.62 bits per heavy atom. The average Bonchev–Trinajstić information content (AvgIpc) is 3.34. The lowest BCUT2D eigenvalue weighted by molar-refractivity contribution is -0.145. The van der Waals surface area contributed by atoms with Crippen LogP contribution in [0.4, 0.5) is 0 Å². The van der Waals surface area contributed by atoms with Gasteiger partial charge in [-0.25, -0.2) is 0 Å². The Kier molecular flexibility index (Phi) is 4.72. The zero-order valence-electron chi connectivity index (χ0n) is 13.7. The van der Waals surface area contributed by atoms with E-state index in [1.807, 2.05) is 7.05 Å². The number of rotatable bonds is 5. The Labute approximate surface area is 129 Å². The molecule has 0 saturated heterocycles. The van der Waals surface area contributed by atoms with E-state index in [9.17, 15) is 0 Å². The first-order chi connectivity index (χ1) is 10.3. The van der Waals surface area contributed by atoms with Crippen molar-refractivity contribution in [3.63, 3.8) is 0 Å². The predicted molar refractivity (Wildman–Crippen MR) is 86.6 cm³/mol. The monoisotopic (exact) mass is 293 g/mol. The molecule has 0 aromatic rings. The summed E-state index contributed by atoms with van der Waals surface area (Å²) in [6.07, 6.45) is 11.1. The fourth-order valence-corrected chi connectivity index (χ4v) is 4.19. The summed E-state index contributed by atoms with van der Waals surface area (Å²) >= 11 is 0. The molecule has 0 bridgehead atoms. The molecule has 0 heterocycles. The lowest BCUT2D eigenvalue weighted by Gasteiger charge is -2.57. The highest BCUT2D eigenvalue weighted by atomic mass is 16.5. The second kappa shape index (κ2) is 6.55. The van der Waals surface area contributed by atoms with Crippen molar-refractivity contribution >= 4 is 5.96 Å². The summed E-state index contributed by atoms with van der Waals surface area (Å²) in [5, 5.41) is 7.19. The van der Waals surface area contributed by atoms with Crippen LogP contribution in [0.5, 0.6) is 0 Å². The molecule has 1 spiro atoms. The zero-order valence-corrected chi connectivity index (χ0v) is 13.7. The number of hydrogen-bond acceptors (Lipinski definition) is 2. The Balaban J connectivity index is 1.58. The van der Waals surface area contributed by atoms with Crippen molar-refractivity contribution in [2.45, 2.75) is 70.4 Å². The summed E-state index contributed by atoms with van der Waals surface area (Å²) < 4.78 is 6.02. The summed E-state index contributed by atoms with van der Waals surface area (Å²) in [6, 6.07) is 0.541. The quantitative estimate of drug-likeness (QED) is 0.605. The molecule has 2 N–H and O–H groups in total. The second-order valence-corrected chi connectivity index (χ2v) is 7.07. The predicted octanol–water partition coefficient (Wildman–Crippen LogP) is 2.69. The van der Waals surface area contributed by atoms with Crippen molar-refractivity contribution in [3.05, 3.63) is 0 Å². The van der Waals surface area contributed by atoms with E-state index in [1.165, 1.54) is 44.9 Å². The van der Waals surface area contributed by atoms with Crippen LogP contribution in [0.2, 0.25) is 0 Å². The molecule has 3 fully saturated rings. The summed E-state index contributed by atoms with van der Waals surface area (Å²) in [6.45, 7) is 4.04. The minimum absolute atomic E-state index is 0.367. The third kappa shape index (κ3) is 3.20. The molecule has 0 aromatic carbocycles. The smallest absolute Gasteiger partial charge is 0.191 e. The van der Waals surface area contributed by atoms with Gasteiger partial charge in [-0.05, 0) is 44.9 Å². The summed E-state index contributed by atoms with van der Waals surface area (Å²) in [5.74, 6) is 1.87. The maximum Gasteiger partial charge on any atom is 0.191 e. The van der Waals surface area contributed by atoms with E-state index in [2.05, 4.69) is 22.5 Å².